The predicted molar refractivity (Wildman–Crippen MR) is 146 cm³/mol. The van der Waals surface area contributed by atoms with Crippen LogP contribution in [0.5, 0.6) is 0 Å². The Hall–Kier alpha value is -3.71. The zero-order valence-corrected chi connectivity index (χ0v) is 22.7. The van der Waals surface area contributed by atoms with Gasteiger partial charge in [-0.1, -0.05) is 18.3 Å². The van der Waals surface area contributed by atoms with Crippen LogP contribution >= 0.6 is 11.3 Å². The predicted octanol–water partition coefficient (Wildman–Crippen LogP) is 4.48. The molecule has 0 aliphatic carbocycles. The van der Waals surface area contributed by atoms with E-state index >= 15 is 0 Å². The van der Waals surface area contributed by atoms with E-state index in [2.05, 4.69) is 32.5 Å². The van der Waals surface area contributed by atoms with Crippen LogP contribution in [-0.2, 0) is 18.0 Å². The van der Waals surface area contributed by atoms with Gasteiger partial charge in [-0.15, -0.1) is 0 Å². The van der Waals surface area contributed by atoms with Gasteiger partial charge in [0.2, 0.25) is 12.4 Å². The highest BCUT2D eigenvalue weighted by molar-refractivity contribution is 7.22. The molecule has 5 rings (SSSR count). The Bertz CT molecular complexity index is 1460. The van der Waals surface area contributed by atoms with Crippen LogP contribution in [-0.4, -0.2) is 76.4 Å². The van der Waals surface area contributed by atoms with Gasteiger partial charge in [-0.2, -0.15) is 13.2 Å². The molecule has 0 radical (unpaired) electrons. The highest BCUT2D eigenvalue weighted by Gasteiger charge is 2.30. The van der Waals surface area contributed by atoms with Crippen LogP contribution in [0.1, 0.15) is 29.3 Å². The van der Waals surface area contributed by atoms with E-state index in [1.165, 1.54) is 6.07 Å². The molecular formula is C26H30F3N7O2S. The highest BCUT2D eigenvalue weighted by Crippen LogP contribution is 2.35. The first kappa shape index (κ1) is 28.3. The maximum Gasteiger partial charge on any atom is 0.416 e. The molecule has 0 unspecified atom stereocenters. The lowest BCUT2D eigenvalue weighted by molar-refractivity contribution is -0.137. The van der Waals surface area contributed by atoms with E-state index in [1.807, 2.05) is 20.0 Å². The molecule has 0 bridgehead atoms. The maximum absolute atomic E-state index is 12.9. The number of hydrogen-bond donors (Lipinski definition) is 2. The summed E-state index contributed by atoms with van der Waals surface area (Å²) in [5.74, 6) is 0.316. The molecule has 1 fully saturated rings. The second-order valence-corrected chi connectivity index (χ2v) is 10.3. The molecule has 1 aliphatic rings. The second-order valence-electron chi connectivity index (χ2n) is 9.22. The molecule has 0 atom stereocenters. The summed E-state index contributed by atoms with van der Waals surface area (Å²) in [5, 5.41) is 6.33. The molecule has 3 heterocycles. The van der Waals surface area contributed by atoms with Gasteiger partial charge in [0.25, 0.3) is 5.91 Å². The smallest absolute Gasteiger partial charge is 0.352 e. The van der Waals surface area contributed by atoms with E-state index in [1.54, 1.807) is 21.6 Å². The third-order valence-corrected chi connectivity index (χ3v) is 7.23. The van der Waals surface area contributed by atoms with Gasteiger partial charge in [0, 0.05) is 45.3 Å². The summed E-state index contributed by atoms with van der Waals surface area (Å²) >= 11 is 1.12. The van der Waals surface area contributed by atoms with Crippen molar-refractivity contribution in [1.82, 2.24) is 29.7 Å². The number of imidazole rings is 1. The maximum atomic E-state index is 12.9. The van der Waals surface area contributed by atoms with Crippen molar-refractivity contribution in [2.45, 2.75) is 19.5 Å². The average Bonchev–Trinajstić information content (AvgIpc) is 3.46. The standard InChI is InChI=1S/C20H18F3N5OS.C6H12N2O/c1-3-8-24-17(29)11-4-7-15-14(9-11)25-18(28(15)2)27-19-26-13-6-5-12(20(21,22)23)10-16(13)30-19;1-7-2-4-8(6-9)5-3-7/h4-7,9-10H,3,8H2,1-2H3,(H,24,29)(H,25,26,27);6H,2-5H2,1H3. The number of halogens is 3. The lowest BCUT2D eigenvalue weighted by Gasteiger charge is -2.29. The van der Waals surface area contributed by atoms with Crippen molar-refractivity contribution in [3.63, 3.8) is 0 Å². The zero-order chi connectivity index (χ0) is 28.2. The molecule has 2 N–H and O–H groups in total. The number of benzene rings is 2. The van der Waals surface area contributed by atoms with Crippen LogP contribution in [0.3, 0.4) is 0 Å². The first-order valence-electron chi connectivity index (χ1n) is 12.5. The summed E-state index contributed by atoms with van der Waals surface area (Å²) in [6.07, 6.45) is -2.63. The number of aromatic nitrogens is 3. The molecule has 1 saturated heterocycles. The Kier molecular flexibility index (Phi) is 8.70. The van der Waals surface area contributed by atoms with Crippen LogP contribution < -0.4 is 10.6 Å². The first-order chi connectivity index (χ1) is 18.6. The molecule has 9 nitrogen and oxygen atoms in total. The minimum Gasteiger partial charge on any atom is -0.352 e. The number of nitrogens with one attached hydrogen (secondary N) is 2. The van der Waals surface area contributed by atoms with Gasteiger partial charge in [0.15, 0.2) is 5.13 Å². The zero-order valence-electron chi connectivity index (χ0n) is 21.9. The van der Waals surface area contributed by atoms with Gasteiger partial charge in [-0.25, -0.2) is 9.97 Å². The molecule has 1 aliphatic heterocycles. The molecule has 0 spiro atoms. The molecular weight excluding hydrogens is 531 g/mol. The summed E-state index contributed by atoms with van der Waals surface area (Å²) in [7, 11) is 3.88. The van der Waals surface area contributed by atoms with Crippen molar-refractivity contribution in [3.05, 3.63) is 47.5 Å². The minimum atomic E-state index is -4.40. The Morgan fingerprint density at radius 1 is 1.05 bits per heavy atom. The summed E-state index contributed by atoms with van der Waals surface area (Å²) < 4.78 is 41.0. The van der Waals surface area contributed by atoms with Gasteiger partial charge < -0.3 is 25.0 Å². The number of aryl methyl sites for hydroxylation is 1. The summed E-state index contributed by atoms with van der Waals surface area (Å²) in [4.78, 5) is 35.2. The Morgan fingerprint density at radius 3 is 2.46 bits per heavy atom. The number of fused-ring (bicyclic) bond motifs is 2. The quantitative estimate of drug-likeness (QED) is 0.337. The average molecular weight is 562 g/mol. The third-order valence-electron chi connectivity index (χ3n) is 6.30. The normalized spacial score (nSPS) is 14.3. The molecule has 13 heteroatoms. The number of nitrogens with zero attached hydrogens (tertiary/aromatic N) is 5. The molecule has 0 saturated carbocycles. The SMILES string of the molecule is CCCNC(=O)c1ccc2c(c1)nc(Nc1nc3ccc(C(F)(F)F)cc3s1)n2C.CN1CCN(C=O)CC1. The summed E-state index contributed by atoms with van der Waals surface area (Å²) in [6.45, 7) is 6.38. The van der Waals surface area contributed by atoms with E-state index in [-0.39, 0.29) is 5.91 Å². The van der Waals surface area contributed by atoms with Crippen molar-refractivity contribution in [3.8, 4) is 0 Å². The van der Waals surface area contributed by atoms with E-state index in [0.29, 0.717) is 38.9 Å². The number of carbonyl (C=O) groups is 2. The van der Waals surface area contributed by atoms with Crippen LogP contribution in [0.2, 0.25) is 0 Å². The number of piperazine rings is 1. The molecule has 4 aromatic rings. The van der Waals surface area contributed by atoms with Crippen molar-refractivity contribution >= 4 is 56.0 Å². The number of amides is 2. The van der Waals surface area contributed by atoms with Crippen molar-refractivity contribution in [1.29, 1.82) is 0 Å². The molecule has 39 heavy (non-hydrogen) atoms. The highest BCUT2D eigenvalue weighted by atomic mass is 32.1. The second kappa shape index (κ2) is 12.0. The molecule has 2 amide bonds. The van der Waals surface area contributed by atoms with Crippen LogP contribution in [0, 0.1) is 0 Å². The number of rotatable bonds is 6. The van der Waals surface area contributed by atoms with Crippen LogP contribution in [0.15, 0.2) is 36.4 Å². The molecule has 2 aromatic heterocycles. The lowest BCUT2D eigenvalue weighted by atomic mass is 10.2. The fraction of sp³-hybridized carbons (Fsp3) is 0.385. The van der Waals surface area contributed by atoms with Crippen molar-refractivity contribution < 1.29 is 22.8 Å². The van der Waals surface area contributed by atoms with Gasteiger partial charge in [0.05, 0.1) is 26.8 Å². The number of likely N-dealkylation sites (N-methyl/N-ethyl adjacent to an activating group) is 1. The minimum absolute atomic E-state index is 0.162. The number of anilines is 2. The first-order valence-corrected chi connectivity index (χ1v) is 13.3. The number of carbonyl (C=O) groups excluding carboxylic acids is 2. The van der Waals surface area contributed by atoms with E-state index in [0.717, 1.165) is 68.0 Å². The van der Waals surface area contributed by atoms with E-state index in [9.17, 15) is 22.8 Å². The Balaban J connectivity index is 0.000000333. The van der Waals surface area contributed by atoms with Gasteiger partial charge in [0.1, 0.15) is 0 Å². The third kappa shape index (κ3) is 6.84. The largest absolute Gasteiger partial charge is 0.416 e. The van der Waals surface area contributed by atoms with Gasteiger partial charge in [-0.05, 0) is 49.9 Å². The Labute approximate surface area is 227 Å². The van der Waals surface area contributed by atoms with E-state index in [4.69, 9.17) is 0 Å². The van der Waals surface area contributed by atoms with Crippen molar-refractivity contribution in [2.24, 2.45) is 7.05 Å². The van der Waals surface area contributed by atoms with Crippen LogP contribution in [0.4, 0.5) is 24.3 Å². The van der Waals surface area contributed by atoms with Gasteiger partial charge >= 0.3 is 6.18 Å². The topological polar surface area (TPSA) is 95.4 Å². The number of hydrogen-bond acceptors (Lipinski definition) is 7. The number of thiazole rings is 1. The Morgan fingerprint density at radius 2 is 1.79 bits per heavy atom. The molecule has 2 aromatic carbocycles. The monoisotopic (exact) mass is 561 g/mol. The fourth-order valence-corrected chi connectivity index (χ4v) is 4.87. The summed E-state index contributed by atoms with van der Waals surface area (Å²) in [6, 6.07) is 8.72. The molecule has 208 valence electrons. The summed E-state index contributed by atoms with van der Waals surface area (Å²) in [5.41, 5.74) is 1.72. The van der Waals surface area contributed by atoms with Crippen LogP contribution in [0.25, 0.3) is 21.3 Å². The van der Waals surface area contributed by atoms with Gasteiger partial charge in [-0.3, -0.25) is 9.59 Å². The number of alkyl halides is 3. The van der Waals surface area contributed by atoms with Crippen molar-refractivity contribution in [2.75, 3.05) is 45.1 Å². The van der Waals surface area contributed by atoms with E-state index < -0.39 is 11.7 Å². The lowest BCUT2D eigenvalue weighted by Crippen LogP contribution is -2.43. The fourth-order valence-electron chi connectivity index (χ4n) is 3.97.